The van der Waals surface area contributed by atoms with Crippen LogP contribution in [0.25, 0.3) is 11.0 Å². The van der Waals surface area contributed by atoms with Crippen molar-refractivity contribution in [1.29, 1.82) is 0 Å². The second-order valence-corrected chi connectivity index (χ2v) is 8.84. The Kier molecular flexibility index (Phi) is 7.26. The number of anilines is 1. The van der Waals surface area contributed by atoms with Gasteiger partial charge in [0.2, 0.25) is 5.91 Å². The number of hydrogen-bond acceptors (Lipinski definition) is 5. The molecule has 0 bridgehead atoms. The molecule has 0 spiro atoms. The van der Waals surface area contributed by atoms with Crippen LogP contribution in [-0.2, 0) is 24.2 Å². The highest BCUT2D eigenvalue weighted by Gasteiger charge is 2.21. The molecule has 1 aliphatic rings. The first kappa shape index (κ1) is 23.2. The minimum Gasteiger partial charge on any atom is -0.423 e. The highest BCUT2D eigenvalue weighted by Crippen LogP contribution is 2.22. The number of rotatable bonds is 7. The van der Waals surface area contributed by atoms with Gasteiger partial charge >= 0.3 is 5.63 Å². The van der Waals surface area contributed by atoms with E-state index in [9.17, 15) is 9.59 Å². The lowest BCUT2D eigenvalue weighted by molar-refractivity contribution is -0.117. The maximum atomic E-state index is 12.7. The molecule has 1 amide bonds. The number of carbonyl (C=O) groups excluding carboxylic acids is 1. The molecule has 3 aromatic rings. The van der Waals surface area contributed by atoms with E-state index in [1.165, 1.54) is 11.1 Å². The Morgan fingerprint density at radius 3 is 2.45 bits per heavy atom. The summed E-state index contributed by atoms with van der Waals surface area (Å²) in [6.45, 7) is 10.7. The van der Waals surface area contributed by atoms with E-state index in [1.54, 1.807) is 6.07 Å². The highest BCUT2D eigenvalue weighted by molar-refractivity contribution is 5.93. The molecular formula is C27H33N3O3. The Balaban J connectivity index is 1.36. The molecule has 0 unspecified atom stereocenters. The van der Waals surface area contributed by atoms with Crippen LogP contribution < -0.4 is 10.9 Å². The van der Waals surface area contributed by atoms with Crippen molar-refractivity contribution in [2.75, 3.05) is 38.0 Å². The van der Waals surface area contributed by atoms with Gasteiger partial charge < -0.3 is 9.73 Å². The predicted molar refractivity (Wildman–Crippen MR) is 133 cm³/mol. The third-order valence-corrected chi connectivity index (χ3v) is 6.53. The van der Waals surface area contributed by atoms with E-state index in [-0.39, 0.29) is 11.5 Å². The fourth-order valence-corrected chi connectivity index (χ4v) is 4.56. The van der Waals surface area contributed by atoms with Crippen molar-refractivity contribution in [2.24, 2.45) is 0 Å². The quantitative estimate of drug-likeness (QED) is 0.555. The molecule has 6 nitrogen and oxygen atoms in total. The zero-order chi connectivity index (χ0) is 23.4. The van der Waals surface area contributed by atoms with Crippen LogP contribution in [0.1, 0.15) is 36.1 Å². The van der Waals surface area contributed by atoms with Crippen molar-refractivity contribution in [3.63, 3.8) is 0 Å². The largest absolute Gasteiger partial charge is 0.423 e. The van der Waals surface area contributed by atoms with Gasteiger partial charge in [0.15, 0.2) is 0 Å². The summed E-state index contributed by atoms with van der Waals surface area (Å²) in [7, 11) is 0. The van der Waals surface area contributed by atoms with Crippen LogP contribution in [0, 0.1) is 6.92 Å². The Morgan fingerprint density at radius 1 is 0.970 bits per heavy atom. The van der Waals surface area contributed by atoms with E-state index in [2.05, 4.69) is 41.1 Å². The summed E-state index contributed by atoms with van der Waals surface area (Å²) in [5, 5.41) is 4.14. The molecule has 2 heterocycles. The third kappa shape index (κ3) is 5.52. The van der Waals surface area contributed by atoms with Gasteiger partial charge in [0.25, 0.3) is 0 Å². The molecule has 4 rings (SSSR count). The smallest absolute Gasteiger partial charge is 0.336 e. The molecule has 6 heteroatoms. The predicted octanol–water partition coefficient (Wildman–Crippen LogP) is 3.98. The Bertz CT molecular complexity index is 1190. The van der Waals surface area contributed by atoms with E-state index < -0.39 is 0 Å². The second kappa shape index (κ2) is 10.3. The summed E-state index contributed by atoms with van der Waals surface area (Å²) in [5.74, 6) is 0.0335. The summed E-state index contributed by atoms with van der Waals surface area (Å²) in [6.07, 6.45) is 1.83. The average molecular weight is 448 g/mol. The van der Waals surface area contributed by atoms with Crippen molar-refractivity contribution in [3.05, 3.63) is 75.1 Å². The number of nitrogens with one attached hydrogen (secondary N) is 1. The number of nitrogens with zero attached hydrogens (tertiary/aromatic N) is 2. The van der Waals surface area contributed by atoms with E-state index >= 15 is 0 Å². The van der Waals surface area contributed by atoms with Gasteiger partial charge in [-0.15, -0.1) is 0 Å². The van der Waals surface area contributed by atoms with E-state index in [1.807, 2.05) is 31.2 Å². The summed E-state index contributed by atoms with van der Waals surface area (Å²) in [5.41, 5.74) is 5.79. The number of para-hydroxylation sites is 1. The molecule has 0 atom stereocenters. The zero-order valence-electron chi connectivity index (χ0n) is 19.8. The SMILES string of the molecule is CCc1ccc2oc(=O)cc(CN3CCN(CC(=O)Nc4c(C)cccc4CC)CC3)c2c1. The Hall–Kier alpha value is -2.96. The third-order valence-electron chi connectivity index (χ3n) is 6.53. The van der Waals surface area contributed by atoms with Crippen LogP contribution in [0.5, 0.6) is 0 Å². The normalized spacial score (nSPS) is 15.1. The van der Waals surface area contributed by atoms with Gasteiger partial charge in [-0.1, -0.05) is 38.1 Å². The lowest BCUT2D eigenvalue weighted by Crippen LogP contribution is -2.48. The number of hydrogen-bond donors (Lipinski definition) is 1. The molecule has 0 radical (unpaired) electrons. The first-order valence-corrected chi connectivity index (χ1v) is 11.9. The lowest BCUT2D eigenvalue weighted by Gasteiger charge is -2.34. The van der Waals surface area contributed by atoms with Gasteiger partial charge in [-0.3, -0.25) is 14.6 Å². The molecule has 1 fully saturated rings. The molecule has 174 valence electrons. The number of amides is 1. The molecule has 2 aromatic carbocycles. The molecule has 0 aliphatic carbocycles. The zero-order valence-corrected chi connectivity index (χ0v) is 19.8. The maximum absolute atomic E-state index is 12.7. The first-order valence-electron chi connectivity index (χ1n) is 11.9. The van der Waals surface area contributed by atoms with Gasteiger partial charge in [0.05, 0.1) is 6.54 Å². The Morgan fingerprint density at radius 2 is 1.73 bits per heavy atom. The fraction of sp³-hybridized carbons (Fsp3) is 0.407. The summed E-state index contributed by atoms with van der Waals surface area (Å²) in [4.78, 5) is 29.3. The average Bonchev–Trinajstić information content (AvgIpc) is 2.81. The summed E-state index contributed by atoms with van der Waals surface area (Å²) in [6, 6.07) is 13.8. The number of benzene rings is 2. The van der Waals surface area contributed by atoms with Gasteiger partial charge in [-0.05, 0) is 54.2 Å². The topological polar surface area (TPSA) is 65.8 Å². The van der Waals surface area contributed by atoms with Crippen LogP contribution in [0.2, 0.25) is 0 Å². The van der Waals surface area contributed by atoms with Crippen LogP contribution in [0.15, 0.2) is 51.7 Å². The van der Waals surface area contributed by atoms with E-state index in [4.69, 9.17) is 4.42 Å². The fourth-order valence-electron chi connectivity index (χ4n) is 4.56. The molecule has 33 heavy (non-hydrogen) atoms. The molecule has 1 saturated heterocycles. The molecule has 0 saturated carbocycles. The van der Waals surface area contributed by atoms with Crippen LogP contribution in [0.3, 0.4) is 0 Å². The van der Waals surface area contributed by atoms with Crippen molar-refractivity contribution in [1.82, 2.24) is 9.80 Å². The number of carbonyl (C=O) groups is 1. The van der Waals surface area contributed by atoms with E-state index in [0.717, 1.165) is 61.2 Å². The molecule has 1 aliphatic heterocycles. The second-order valence-electron chi connectivity index (χ2n) is 8.84. The number of piperazine rings is 1. The number of fused-ring (bicyclic) bond motifs is 1. The van der Waals surface area contributed by atoms with Crippen molar-refractivity contribution in [3.8, 4) is 0 Å². The van der Waals surface area contributed by atoms with Crippen LogP contribution in [0.4, 0.5) is 5.69 Å². The standard InChI is InChI=1S/C27H33N3O3/c1-4-20-9-10-24-23(15-20)22(16-26(32)33-24)17-29-11-13-30(14-12-29)18-25(31)28-27-19(3)7-6-8-21(27)5-2/h6-10,15-16H,4-5,11-14,17-18H2,1-3H3,(H,28,31). The van der Waals surface area contributed by atoms with E-state index in [0.29, 0.717) is 18.7 Å². The van der Waals surface area contributed by atoms with Crippen LogP contribution >= 0.6 is 0 Å². The van der Waals surface area contributed by atoms with Gasteiger partial charge in [-0.2, -0.15) is 0 Å². The van der Waals surface area contributed by atoms with Gasteiger partial charge in [0.1, 0.15) is 5.58 Å². The van der Waals surface area contributed by atoms with Gasteiger partial charge in [-0.25, -0.2) is 4.79 Å². The molecular weight excluding hydrogens is 414 g/mol. The number of aryl methyl sites for hydroxylation is 3. The summed E-state index contributed by atoms with van der Waals surface area (Å²) < 4.78 is 5.40. The summed E-state index contributed by atoms with van der Waals surface area (Å²) >= 11 is 0. The lowest BCUT2D eigenvalue weighted by atomic mass is 10.0. The van der Waals surface area contributed by atoms with Crippen LogP contribution in [-0.4, -0.2) is 48.4 Å². The van der Waals surface area contributed by atoms with Gasteiger partial charge in [0, 0.05) is 49.9 Å². The van der Waals surface area contributed by atoms with Crippen molar-refractivity contribution < 1.29 is 9.21 Å². The van der Waals surface area contributed by atoms with Crippen molar-refractivity contribution in [2.45, 2.75) is 40.2 Å². The highest BCUT2D eigenvalue weighted by atomic mass is 16.4. The van der Waals surface area contributed by atoms with Crippen molar-refractivity contribution >= 4 is 22.6 Å². The molecule has 1 aromatic heterocycles. The monoisotopic (exact) mass is 447 g/mol. The minimum atomic E-state index is -0.306. The maximum Gasteiger partial charge on any atom is 0.336 e. The molecule has 1 N–H and O–H groups in total. The first-order chi connectivity index (χ1) is 16.0. The Labute approximate surface area is 195 Å². The minimum absolute atomic E-state index is 0.0335.